The SMILES string of the molecule is Nc1cc(=O)n(C2(C(F)F)CC2)cc1C(=O)NC(c1cccc(C(F)F)c1F)C(F)F. The Labute approximate surface area is 170 Å². The molecule has 12 heteroatoms. The quantitative estimate of drug-likeness (QED) is 0.625. The Bertz CT molecular complexity index is 1050. The van der Waals surface area contributed by atoms with Crippen molar-refractivity contribution in [2.24, 2.45) is 0 Å². The molecule has 1 aromatic carbocycles. The molecule has 1 aliphatic rings. The van der Waals surface area contributed by atoms with Gasteiger partial charge in [0.05, 0.1) is 16.8 Å². The predicted octanol–water partition coefficient (Wildman–Crippen LogP) is 4.00. The summed E-state index contributed by atoms with van der Waals surface area (Å²) in [7, 11) is 0. The van der Waals surface area contributed by atoms with Gasteiger partial charge in [0.1, 0.15) is 17.4 Å². The molecule has 1 fully saturated rings. The molecule has 1 saturated carbocycles. The van der Waals surface area contributed by atoms with Gasteiger partial charge in [-0.25, -0.2) is 30.7 Å². The van der Waals surface area contributed by atoms with E-state index in [4.69, 9.17) is 5.73 Å². The van der Waals surface area contributed by atoms with Crippen molar-refractivity contribution in [1.29, 1.82) is 0 Å². The van der Waals surface area contributed by atoms with E-state index in [2.05, 4.69) is 0 Å². The van der Waals surface area contributed by atoms with E-state index < -0.39 is 70.5 Å². The summed E-state index contributed by atoms with van der Waals surface area (Å²) in [6, 6.07) is 0.804. The van der Waals surface area contributed by atoms with Crippen LogP contribution in [-0.2, 0) is 5.54 Å². The summed E-state index contributed by atoms with van der Waals surface area (Å²) in [6.07, 6.45) is -8.96. The van der Waals surface area contributed by atoms with Gasteiger partial charge >= 0.3 is 0 Å². The number of benzene rings is 1. The van der Waals surface area contributed by atoms with E-state index in [1.54, 1.807) is 5.32 Å². The number of carbonyl (C=O) groups excluding carboxylic acids is 1. The van der Waals surface area contributed by atoms with E-state index in [-0.39, 0.29) is 12.8 Å². The van der Waals surface area contributed by atoms with Crippen molar-refractivity contribution in [3.8, 4) is 0 Å². The maximum Gasteiger partial charge on any atom is 0.266 e. The molecule has 0 aliphatic heterocycles. The summed E-state index contributed by atoms with van der Waals surface area (Å²) < 4.78 is 94.6. The molecule has 1 aromatic heterocycles. The number of rotatable bonds is 7. The third-order valence-electron chi connectivity index (χ3n) is 5.15. The van der Waals surface area contributed by atoms with Crippen LogP contribution in [0.15, 0.2) is 35.3 Å². The Morgan fingerprint density at radius 3 is 2.23 bits per heavy atom. The maximum atomic E-state index is 14.3. The van der Waals surface area contributed by atoms with Gasteiger partial charge in [-0.15, -0.1) is 0 Å². The van der Waals surface area contributed by atoms with Crippen LogP contribution in [0.5, 0.6) is 0 Å². The smallest absolute Gasteiger partial charge is 0.266 e. The molecule has 0 bridgehead atoms. The van der Waals surface area contributed by atoms with Gasteiger partial charge in [0.15, 0.2) is 0 Å². The summed E-state index contributed by atoms with van der Waals surface area (Å²) in [5.41, 5.74) is -0.193. The van der Waals surface area contributed by atoms with Gasteiger partial charge in [0, 0.05) is 17.8 Å². The lowest BCUT2D eigenvalue weighted by Crippen LogP contribution is -2.38. The zero-order valence-electron chi connectivity index (χ0n) is 15.6. The van der Waals surface area contributed by atoms with E-state index in [1.807, 2.05) is 0 Å². The standard InChI is InChI=1S/C19H16F7N3O2/c20-13-8(2-1-3-9(13)15(21)22)14(16(23)24)28-17(31)10-7-29(12(30)6-11(10)27)19(4-5-19)18(25)26/h1-3,6-7,14-16,18H,4-5,27H2,(H,28,31). The molecule has 1 unspecified atom stereocenters. The Kier molecular flexibility index (Phi) is 6.01. The summed E-state index contributed by atoms with van der Waals surface area (Å²) in [5.74, 6) is -2.93. The number of amides is 1. The van der Waals surface area contributed by atoms with Crippen LogP contribution >= 0.6 is 0 Å². The van der Waals surface area contributed by atoms with Crippen molar-refractivity contribution in [2.45, 2.75) is 43.7 Å². The summed E-state index contributed by atoms with van der Waals surface area (Å²) in [5, 5.41) is 1.79. The lowest BCUT2D eigenvalue weighted by atomic mass is 10.0. The second-order valence-corrected chi connectivity index (χ2v) is 7.09. The van der Waals surface area contributed by atoms with Gasteiger partial charge in [-0.1, -0.05) is 18.2 Å². The molecule has 0 spiro atoms. The topological polar surface area (TPSA) is 77.1 Å². The average Bonchev–Trinajstić information content (AvgIpc) is 3.48. The molecule has 3 rings (SSSR count). The highest BCUT2D eigenvalue weighted by molar-refractivity contribution is 5.99. The highest BCUT2D eigenvalue weighted by Crippen LogP contribution is 2.47. The summed E-state index contributed by atoms with van der Waals surface area (Å²) in [6.45, 7) is 0. The summed E-state index contributed by atoms with van der Waals surface area (Å²) in [4.78, 5) is 24.6. The number of nitrogens with one attached hydrogen (secondary N) is 1. The third-order valence-corrected chi connectivity index (χ3v) is 5.15. The zero-order valence-corrected chi connectivity index (χ0v) is 15.6. The fraction of sp³-hybridized carbons (Fsp3) is 0.368. The monoisotopic (exact) mass is 451 g/mol. The van der Waals surface area contributed by atoms with Gasteiger partial charge in [0.25, 0.3) is 30.7 Å². The number of nitrogens with two attached hydrogens (primary N) is 1. The zero-order chi connectivity index (χ0) is 23.1. The van der Waals surface area contributed by atoms with Gasteiger partial charge in [-0.05, 0) is 12.8 Å². The molecule has 168 valence electrons. The lowest BCUT2D eigenvalue weighted by molar-refractivity contribution is 0.0643. The number of pyridine rings is 1. The number of hydrogen-bond acceptors (Lipinski definition) is 3. The molecule has 2 aromatic rings. The van der Waals surface area contributed by atoms with Crippen LogP contribution in [0.25, 0.3) is 0 Å². The number of hydrogen-bond donors (Lipinski definition) is 2. The van der Waals surface area contributed by atoms with Gasteiger partial charge in [-0.3, -0.25) is 9.59 Å². The van der Waals surface area contributed by atoms with Crippen LogP contribution in [0.1, 0.15) is 46.8 Å². The maximum absolute atomic E-state index is 14.3. The van der Waals surface area contributed by atoms with E-state index >= 15 is 0 Å². The van der Waals surface area contributed by atoms with Crippen molar-refractivity contribution in [2.75, 3.05) is 5.73 Å². The second kappa shape index (κ2) is 8.23. The van der Waals surface area contributed by atoms with E-state index in [9.17, 15) is 40.3 Å². The number of alkyl halides is 6. The first kappa shape index (κ1) is 22.6. The van der Waals surface area contributed by atoms with Crippen LogP contribution in [0.4, 0.5) is 36.4 Å². The van der Waals surface area contributed by atoms with Crippen molar-refractivity contribution < 1.29 is 35.5 Å². The first-order valence-corrected chi connectivity index (χ1v) is 8.96. The Balaban J connectivity index is 1.98. The van der Waals surface area contributed by atoms with E-state index in [0.717, 1.165) is 18.3 Å². The molecule has 3 N–H and O–H groups in total. The summed E-state index contributed by atoms with van der Waals surface area (Å²) >= 11 is 0. The van der Waals surface area contributed by atoms with Crippen LogP contribution in [0.2, 0.25) is 0 Å². The van der Waals surface area contributed by atoms with Gasteiger partial charge < -0.3 is 15.6 Å². The predicted molar refractivity (Wildman–Crippen MR) is 95.9 cm³/mol. The largest absolute Gasteiger partial charge is 0.398 e. The minimum atomic E-state index is -3.41. The first-order valence-electron chi connectivity index (χ1n) is 8.96. The van der Waals surface area contributed by atoms with Crippen LogP contribution in [0.3, 0.4) is 0 Å². The van der Waals surface area contributed by atoms with E-state index in [1.165, 1.54) is 0 Å². The molecule has 0 radical (unpaired) electrons. The fourth-order valence-corrected chi connectivity index (χ4v) is 3.25. The highest BCUT2D eigenvalue weighted by Gasteiger charge is 2.53. The fourth-order valence-electron chi connectivity index (χ4n) is 3.25. The number of nitrogens with zero attached hydrogens (tertiary/aromatic N) is 1. The minimum Gasteiger partial charge on any atom is -0.398 e. The molecular weight excluding hydrogens is 435 g/mol. The van der Waals surface area contributed by atoms with Crippen LogP contribution in [-0.4, -0.2) is 23.3 Å². The Morgan fingerprint density at radius 2 is 1.71 bits per heavy atom. The Hall–Kier alpha value is -3.05. The molecule has 1 aliphatic carbocycles. The highest BCUT2D eigenvalue weighted by atomic mass is 19.3. The normalized spacial score (nSPS) is 16.1. The Morgan fingerprint density at radius 1 is 1.10 bits per heavy atom. The van der Waals surface area contributed by atoms with Gasteiger partial charge in [0.2, 0.25) is 0 Å². The molecule has 5 nitrogen and oxygen atoms in total. The molecule has 1 heterocycles. The number of nitrogen functional groups attached to an aromatic ring is 1. The van der Waals surface area contributed by atoms with Crippen molar-refractivity contribution in [1.82, 2.24) is 9.88 Å². The van der Waals surface area contributed by atoms with Crippen LogP contribution in [0, 0.1) is 5.82 Å². The molecule has 31 heavy (non-hydrogen) atoms. The van der Waals surface area contributed by atoms with Crippen LogP contribution < -0.4 is 16.6 Å². The molecule has 1 amide bonds. The van der Waals surface area contributed by atoms with E-state index in [0.29, 0.717) is 16.7 Å². The average molecular weight is 451 g/mol. The van der Waals surface area contributed by atoms with Crippen molar-refractivity contribution >= 4 is 11.6 Å². The minimum absolute atomic E-state index is 0.0408. The number of aromatic nitrogens is 1. The van der Waals surface area contributed by atoms with Crippen molar-refractivity contribution in [3.63, 3.8) is 0 Å². The molecule has 1 atom stereocenters. The number of halogens is 7. The molecular formula is C19H16F7N3O2. The number of anilines is 1. The van der Waals surface area contributed by atoms with Crippen molar-refractivity contribution in [3.05, 3.63) is 63.3 Å². The molecule has 0 saturated heterocycles. The third kappa shape index (κ3) is 4.10. The first-order chi connectivity index (χ1) is 14.5. The number of carbonyl (C=O) groups is 1. The van der Waals surface area contributed by atoms with Gasteiger partial charge in [-0.2, -0.15) is 0 Å². The second-order valence-electron chi connectivity index (χ2n) is 7.09. The lowest BCUT2D eigenvalue weighted by Gasteiger charge is -2.22.